The smallest absolute Gasteiger partial charge is 0.262 e. The Morgan fingerprint density at radius 1 is 1.12 bits per heavy atom. The molecule has 0 bridgehead atoms. The molecule has 1 aliphatic rings. The molecule has 2 aromatic rings. The van der Waals surface area contributed by atoms with Crippen LogP contribution < -0.4 is 10.2 Å². The van der Waals surface area contributed by atoms with Crippen LogP contribution in [0.1, 0.15) is 20.8 Å². The Balaban J connectivity index is 1.78. The summed E-state index contributed by atoms with van der Waals surface area (Å²) in [6, 6.07) is 7.83. The lowest BCUT2D eigenvalue weighted by atomic mass is 10.1. The largest absolute Gasteiger partial charge is 0.369 e. The average molecular weight is 394 g/mol. The lowest BCUT2D eigenvalue weighted by Gasteiger charge is -2.36. The number of thiophene rings is 1. The fraction of sp³-hybridized carbons (Fsp3) is 0.389. The molecule has 0 radical (unpaired) electrons. The highest BCUT2D eigenvalue weighted by Gasteiger charge is 2.32. The minimum atomic E-state index is -3.67. The van der Waals surface area contributed by atoms with E-state index in [0.29, 0.717) is 26.2 Å². The summed E-state index contributed by atoms with van der Waals surface area (Å²) in [7, 11) is -2.17. The molecule has 0 spiro atoms. The van der Waals surface area contributed by atoms with Crippen LogP contribution in [0.2, 0.25) is 0 Å². The molecule has 1 amide bonds. The normalized spacial score (nSPS) is 15.9. The summed E-state index contributed by atoms with van der Waals surface area (Å²) in [6.45, 7) is 6.18. The van der Waals surface area contributed by atoms with Crippen molar-refractivity contribution in [2.24, 2.45) is 0 Å². The second kappa shape index (κ2) is 7.38. The van der Waals surface area contributed by atoms with Crippen molar-refractivity contribution in [3.8, 4) is 0 Å². The fourth-order valence-electron chi connectivity index (χ4n) is 3.15. The van der Waals surface area contributed by atoms with E-state index in [1.807, 2.05) is 0 Å². The second-order valence-electron chi connectivity index (χ2n) is 6.37. The fourth-order valence-corrected chi connectivity index (χ4v) is 5.92. The predicted octanol–water partition coefficient (Wildman–Crippen LogP) is 2.24. The third kappa shape index (κ3) is 3.49. The van der Waals surface area contributed by atoms with Gasteiger partial charge in [0, 0.05) is 38.9 Å². The zero-order valence-corrected chi connectivity index (χ0v) is 16.8. The van der Waals surface area contributed by atoms with E-state index in [1.54, 1.807) is 5.38 Å². The molecular formula is C18H23N3O3S2. The number of anilines is 1. The number of aryl methyl sites for hydroxylation is 2. The molecule has 0 aliphatic carbocycles. The molecule has 0 unspecified atom stereocenters. The summed E-state index contributed by atoms with van der Waals surface area (Å²) in [6.07, 6.45) is 0. The van der Waals surface area contributed by atoms with Crippen molar-refractivity contribution in [1.29, 1.82) is 0 Å². The lowest BCUT2D eigenvalue weighted by molar-refractivity contribution is 0.0964. The van der Waals surface area contributed by atoms with Crippen molar-refractivity contribution in [3.63, 3.8) is 0 Å². The van der Waals surface area contributed by atoms with Gasteiger partial charge >= 0.3 is 0 Å². The Hall–Kier alpha value is -1.90. The molecule has 8 heteroatoms. The minimum Gasteiger partial charge on any atom is -0.369 e. The second-order valence-corrected chi connectivity index (χ2v) is 9.20. The Labute approximate surface area is 158 Å². The molecular weight excluding hydrogens is 370 g/mol. The summed E-state index contributed by atoms with van der Waals surface area (Å²) in [5.41, 5.74) is 3.53. The molecule has 3 rings (SSSR count). The van der Waals surface area contributed by atoms with Gasteiger partial charge in [-0.3, -0.25) is 4.79 Å². The summed E-state index contributed by atoms with van der Waals surface area (Å²) in [5, 5.41) is 4.15. The zero-order chi connectivity index (χ0) is 18.9. The number of hydrogen-bond donors (Lipinski definition) is 1. The van der Waals surface area contributed by atoms with E-state index in [2.05, 4.69) is 42.3 Å². The molecule has 1 fully saturated rings. The van der Waals surface area contributed by atoms with Gasteiger partial charge in [-0.25, -0.2) is 8.42 Å². The number of carbonyl (C=O) groups excluding carboxylic acids is 1. The van der Waals surface area contributed by atoms with E-state index < -0.39 is 10.0 Å². The van der Waals surface area contributed by atoms with Gasteiger partial charge in [0.1, 0.15) is 9.77 Å². The van der Waals surface area contributed by atoms with Gasteiger partial charge in [-0.05, 0) is 42.5 Å². The standard InChI is InChI=1S/C18H23N3O3S2/c1-13-4-5-14(2)15(12-13)20-7-9-21(10-8-20)26(23,24)16-6-11-25-17(16)18(22)19-3/h4-6,11-12H,7-10H2,1-3H3,(H,19,22). The molecule has 1 aromatic carbocycles. The van der Waals surface area contributed by atoms with E-state index in [1.165, 1.54) is 28.5 Å². The van der Waals surface area contributed by atoms with Crippen LogP contribution in [0.4, 0.5) is 5.69 Å². The maximum Gasteiger partial charge on any atom is 0.262 e. The third-order valence-electron chi connectivity index (χ3n) is 4.62. The number of piperazine rings is 1. The Kier molecular flexibility index (Phi) is 5.36. The van der Waals surface area contributed by atoms with Gasteiger partial charge in [0.05, 0.1) is 0 Å². The highest BCUT2D eigenvalue weighted by molar-refractivity contribution is 7.89. The quantitative estimate of drug-likeness (QED) is 0.865. The summed E-state index contributed by atoms with van der Waals surface area (Å²) < 4.78 is 27.5. The number of benzene rings is 1. The number of nitrogens with one attached hydrogen (secondary N) is 1. The molecule has 26 heavy (non-hydrogen) atoms. The van der Waals surface area contributed by atoms with E-state index in [4.69, 9.17) is 0 Å². The molecule has 1 N–H and O–H groups in total. The maximum atomic E-state index is 13.0. The third-order valence-corrected chi connectivity index (χ3v) is 7.61. The Bertz CT molecular complexity index is 914. The van der Waals surface area contributed by atoms with Crippen LogP contribution in [0.15, 0.2) is 34.5 Å². The van der Waals surface area contributed by atoms with Crippen molar-refractivity contribution in [2.45, 2.75) is 18.7 Å². The first kappa shape index (κ1) is 18.9. The SMILES string of the molecule is CNC(=O)c1sccc1S(=O)(=O)N1CCN(c2cc(C)ccc2C)CC1. The number of nitrogens with zero attached hydrogens (tertiary/aromatic N) is 2. The summed E-state index contributed by atoms with van der Waals surface area (Å²) >= 11 is 1.15. The van der Waals surface area contributed by atoms with Gasteiger partial charge in [-0.2, -0.15) is 4.31 Å². The van der Waals surface area contributed by atoms with Crippen LogP contribution in [0.25, 0.3) is 0 Å². The predicted molar refractivity (Wildman–Crippen MR) is 105 cm³/mol. The zero-order valence-electron chi connectivity index (χ0n) is 15.2. The molecule has 140 valence electrons. The molecule has 1 aromatic heterocycles. The van der Waals surface area contributed by atoms with Gasteiger partial charge in [0.15, 0.2) is 0 Å². The van der Waals surface area contributed by atoms with E-state index in [-0.39, 0.29) is 15.7 Å². The average Bonchev–Trinajstić information content (AvgIpc) is 3.14. The first-order valence-electron chi connectivity index (χ1n) is 8.46. The van der Waals surface area contributed by atoms with E-state index >= 15 is 0 Å². The van der Waals surface area contributed by atoms with Gasteiger partial charge < -0.3 is 10.2 Å². The lowest BCUT2D eigenvalue weighted by Crippen LogP contribution is -2.49. The first-order valence-corrected chi connectivity index (χ1v) is 10.8. The van der Waals surface area contributed by atoms with Crippen molar-refractivity contribution < 1.29 is 13.2 Å². The number of sulfonamides is 1. The van der Waals surface area contributed by atoms with E-state index in [0.717, 1.165) is 17.0 Å². The highest BCUT2D eigenvalue weighted by atomic mass is 32.2. The highest BCUT2D eigenvalue weighted by Crippen LogP contribution is 2.28. The molecule has 0 saturated carbocycles. The van der Waals surface area contributed by atoms with Crippen LogP contribution in [0.3, 0.4) is 0 Å². The van der Waals surface area contributed by atoms with E-state index in [9.17, 15) is 13.2 Å². The molecule has 0 atom stereocenters. The van der Waals surface area contributed by atoms with Crippen LogP contribution in [-0.2, 0) is 10.0 Å². The summed E-state index contributed by atoms with van der Waals surface area (Å²) in [5.74, 6) is -0.368. The van der Waals surface area contributed by atoms with Crippen LogP contribution in [0.5, 0.6) is 0 Å². The van der Waals surface area contributed by atoms with Gasteiger partial charge in [0.2, 0.25) is 10.0 Å². The molecule has 1 saturated heterocycles. The van der Waals surface area contributed by atoms with Crippen LogP contribution >= 0.6 is 11.3 Å². The van der Waals surface area contributed by atoms with Crippen molar-refractivity contribution in [2.75, 3.05) is 38.1 Å². The maximum absolute atomic E-state index is 13.0. The van der Waals surface area contributed by atoms with Gasteiger partial charge in [0.25, 0.3) is 5.91 Å². The topological polar surface area (TPSA) is 69.7 Å². The number of amides is 1. The monoisotopic (exact) mass is 393 g/mol. The van der Waals surface area contributed by atoms with Gasteiger partial charge in [-0.15, -0.1) is 11.3 Å². The van der Waals surface area contributed by atoms with Crippen molar-refractivity contribution in [3.05, 3.63) is 45.6 Å². The van der Waals surface area contributed by atoms with Gasteiger partial charge in [-0.1, -0.05) is 12.1 Å². The summed E-state index contributed by atoms with van der Waals surface area (Å²) in [4.78, 5) is 14.5. The van der Waals surface area contributed by atoms with Crippen LogP contribution in [-0.4, -0.2) is 51.9 Å². The number of rotatable bonds is 4. The first-order chi connectivity index (χ1) is 12.3. The minimum absolute atomic E-state index is 0.0991. The van der Waals surface area contributed by atoms with Crippen LogP contribution in [0, 0.1) is 13.8 Å². The Morgan fingerprint density at radius 2 is 1.81 bits per heavy atom. The number of hydrogen-bond acceptors (Lipinski definition) is 5. The molecule has 1 aliphatic heterocycles. The van der Waals surface area contributed by atoms with Crippen molar-refractivity contribution in [1.82, 2.24) is 9.62 Å². The Morgan fingerprint density at radius 3 is 2.46 bits per heavy atom. The molecule has 2 heterocycles. The molecule has 6 nitrogen and oxygen atoms in total. The number of carbonyl (C=O) groups is 1. The van der Waals surface area contributed by atoms with Crippen molar-refractivity contribution >= 4 is 33.0 Å².